The standard InChI is InChI=1S/C27H29BrN2O6/c1-5-35-20-9-7-16(14-21(20)34-4)24-23(26(32)27(33)30(24)12-6-11-29(2)3)25(31)22-15-17-13-18(28)8-10-19(17)36-22/h7-10,13-15,24,32H,5-6,11-12H2,1-4H3. The number of nitrogens with zero attached hydrogens (tertiary/aromatic N) is 2. The molecule has 1 amide bonds. The number of furan rings is 1. The number of carbonyl (C=O) groups excluding carboxylic acids is 2. The van der Waals surface area contributed by atoms with E-state index in [1.165, 1.54) is 12.0 Å². The summed E-state index contributed by atoms with van der Waals surface area (Å²) in [4.78, 5) is 30.5. The van der Waals surface area contributed by atoms with Crippen molar-refractivity contribution in [3.8, 4) is 11.5 Å². The van der Waals surface area contributed by atoms with E-state index in [1.807, 2.05) is 38.1 Å². The average molecular weight is 557 g/mol. The number of aliphatic hydroxyl groups excluding tert-OH is 1. The van der Waals surface area contributed by atoms with Crippen LogP contribution in [0.1, 0.15) is 35.5 Å². The molecule has 9 heteroatoms. The Morgan fingerprint density at radius 2 is 1.94 bits per heavy atom. The fraction of sp³-hybridized carbons (Fsp3) is 0.333. The first kappa shape index (κ1) is 25.8. The van der Waals surface area contributed by atoms with Crippen molar-refractivity contribution in [1.82, 2.24) is 9.80 Å². The topological polar surface area (TPSA) is 92.5 Å². The van der Waals surface area contributed by atoms with Crippen molar-refractivity contribution < 1.29 is 28.6 Å². The van der Waals surface area contributed by atoms with E-state index in [4.69, 9.17) is 13.9 Å². The van der Waals surface area contributed by atoms with Crippen LogP contribution in [-0.4, -0.2) is 67.5 Å². The summed E-state index contributed by atoms with van der Waals surface area (Å²) < 4.78 is 17.8. The van der Waals surface area contributed by atoms with Crippen molar-refractivity contribution in [3.63, 3.8) is 0 Å². The number of carbonyl (C=O) groups is 2. The minimum Gasteiger partial charge on any atom is -0.503 e. The molecule has 0 aliphatic carbocycles. The van der Waals surface area contributed by atoms with E-state index < -0.39 is 23.5 Å². The number of ether oxygens (including phenoxy) is 2. The van der Waals surface area contributed by atoms with E-state index in [9.17, 15) is 14.7 Å². The largest absolute Gasteiger partial charge is 0.503 e. The summed E-state index contributed by atoms with van der Waals surface area (Å²) >= 11 is 3.42. The Labute approximate surface area is 218 Å². The Hall–Kier alpha value is -3.30. The molecular weight excluding hydrogens is 528 g/mol. The van der Waals surface area contributed by atoms with Crippen molar-refractivity contribution >= 4 is 38.6 Å². The van der Waals surface area contributed by atoms with Crippen LogP contribution in [0.3, 0.4) is 0 Å². The van der Waals surface area contributed by atoms with Gasteiger partial charge < -0.3 is 28.8 Å². The van der Waals surface area contributed by atoms with Gasteiger partial charge in [-0.3, -0.25) is 9.59 Å². The lowest BCUT2D eigenvalue weighted by atomic mass is 9.94. The van der Waals surface area contributed by atoms with Crippen molar-refractivity contribution in [2.75, 3.05) is 40.9 Å². The number of benzene rings is 2. The molecule has 2 aromatic carbocycles. The van der Waals surface area contributed by atoms with E-state index in [2.05, 4.69) is 15.9 Å². The van der Waals surface area contributed by atoms with Crippen LogP contribution in [0.2, 0.25) is 0 Å². The third-order valence-electron chi connectivity index (χ3n) is 6.06. The van der Waals surface area contributed by atoms with Crippen LogP contribution < -0.4 is 9.47 Å². The predicted molar refractivity (Wildman–Crippen MR) is 140 cm³/mol. The van der Waals surface area contributed by atoms with E-state index in [0.717, 1.165) is 16.4 Å². The third kappa shape index (κ3) is 4.99. The number of methoxy groups -OCH3 is 1. The van der Waals surface area contributed by atoms with Gasteiger partial charge in [0.25, 0.3) is 5.91 Å². The molecule has 4 rings (SSSR count). The summed E-state index contributed by atoms with van der Waals surface area (Å²) in [7, 11) is 5.43. The van der Waals surface area contributed by atoms with Crippen LogP contribution in [0.5, 0.6) is 11.5 Å². The van der Waals surface area contributed by atoms with Crippen molar-refractivity contribution in [2.24, 2.45) is 0 Å². The Morgan fingerprint density at radius 3 is 2.64 bits per heavy atom. The summed E-state index contributed by atoms with van der Waals surface area (Å²) in [5.41, 5.74) is 1.14. The first-order valence-corrected chi connectivity index (χ1v) is 12.5. The average Bonchev–Trinajstić information content (AvgIpc) is 3.38. The van der Waals surface area contributed by atoms with E-state index in [-0.39, 0.29) is 11.3 Å². The second-order valence-electron chi connectivity index (χ2n) is 8.79. The second-order valence-corrected chi connectivity index (χ2v) is 9.70. The fourth-order valence-corrected chi connectivity index (χ4v) is 4.79. The highest BCUT2D eigenvalue weighted by molar-refractivity contribution is 9.10. The minimum absolute atomic E-state index is 0.0193. The molecule has 36 heavy (non-hydrogen) atoms. The number of hydrogen-bond donors (Lipinski definition) is 1. The van der Waals surface area contributed by atoms with Crippen LogP contribution in [0.15, 0.2) is 62.7 Å². The monoisotopic (exact) mass is 556 g/mol. The Bertz CT molecular complexity index is 1330. The minimum atomic E-state index is -0.809. The maximum absolute atomic E-state index is 13.7. The molecule has 0 saturated carbocycles. The molecule has 0 fully saturated rings. The van der Waals surface area contributed by atoms with Gasteiger partial charge in [0.2, 0.25) is 5.78 Å². The Morgan fingerprint density at radius 1 is 1.17 bits per heavy atom. The van der Waals surface area contributed by atoms with Gasteiger partial charge in [0.1, 0.15) is 5.58 Å². The highest BCUT2D eigenvalue weighted by Gasteiger charge is 2.44. The second kappa shape index (κ2) is 10.8. The SMILES string of the molecule is CCOc1ccc(C2C(C(=O)c3cc4cc(Br)ccc4o3)=C(O)C(=O)N2CCCN(C)C)cc1OC. The molecule has 0 saturated heterocycles. The van der Waals surface area contributed by atoms with Gasteiger partial charge in [-0.1, -0.05) is 22.0 Å². The summed E-state index contributed by atoms with van der Waals surface area (Å²) in [6, 6.07) is 11.5. The van der Waals surface area contributed by atoms with Crippen LogP contribution in [0.4, 0.5) is 0 Å². The van der Waals surface area contributed by atoms with Gasteiger partial charge in [-0.2, -0.15) is 0 Å². The molecule has 1 unspecified atom stereocenters. The number of ketones is 1. The molecular formula is C27H29BrN2O6. The molecule has 190 valence electrons. The van der Waals surface area contributed by atoms with Crippen LogP contribution in [0, 0.1) is 0 Å². The number of rotatable bonds is 10. The number of fused-ring (bicyclic) bond motifs is 1. The molecule has 1 aromatic heterocycles. The van der Waals surface area contributed by atoms with Gasteiger partial charge in [-0.15, -0.1) is 0 Å². The zero-order chi connectivity index (χ0) is 26.0. The van der Waals surface area contributed by atoms with E-state index in [1.54, 1.807) is 30.3 Å². The van der Waals surface area contributed by atoms with Crippen LogP contribution in [0.25, 0.3) is 11.0 Å². The van der Waals surface area contributed by atoms with Gasteiger partial charge in [-0.05, 0) is 75.9 Å². The highest BCUT2D eigenvalue weighted by atomic mass is 79.9. The zero-order valence-corrected chi connectivity index (χ0v) is 22.3. The van der Waals surface area contributed by atoms with Crippen molar-refractivity contribution in [1.29, 1.82) is 0 Å². The lowest BCUT2D eigenvalue weighted by Gasteiger charge is -2.27. The van der Waals surface area contributed by atoms with Gasteiger partial charge in [0.15, 0.2) is 23.0 Å². The first-order chi connectivity index (χ1) is 17.2. The van der Waals surface area contributed by atoms with Crippen LogP contribution >= 0.6 is 15.9 Å². The lowest BCUT2D eigenvalue weighted by molar-refractivity contribution is -0.129. The molecule has 0 radical (unpaired) electrons. The molecule has 1 atom stereocenters. The van der Waals surface area contributed by atoms with Crippen molar-refractivity contribution in [3.05, 3.63) is 69.6 Å². The molecule has 1 aliphatic rings. The number of amides is 1. The number of aliphatic hydroxyl groups is 1. The fourth-order valence-electron chi connectivity index (χ4n) is 4.41. The van der Waals surface area contributed by atoms with Gasteiger partial charge >= 0.3 is 0 Å². The molecule has 0 spiro atoms. The van der Waals surface area contributed by atoms with Gasteiger partial charge in [-0.25, -0.2) is 0 Å². The zero-order valence-electron chi connectivity index (χ0n) is 20.7. The maximum atomic E-state index is 13.7. The van der Waals surface area contributed by atoms with Gasteiger partial charge in [0, 0.05) is 16.4 Å². The first-order valence-electron chi connectivity index (χ1n) is 11.7. The smallest absolute Gasteiger partial charge is 0.290 e. The number of halogens is 1. The molecule has 1 aliphatic heterocycles. The number of Topliss-reactive ketones (excluding diaryl/α,β-unsaturated/α-hetero) is 1. The Kier molecular flexibility index (Phi) is 7.70. The van der Waals surface area contributed by atoms with Gasteiger partial charge in [0.05, 0.1) is 25.3 Å². The molecule has 2 heterocycles. The molecule has 1 N–H and O–H groups in total. The summed E-state index contributed by atoms with van der Waals surface area (Å²) in [6.07, 6.45) is 0.664. The van der Waals surface area contributed by atoms with E-state index >= 15 is 0 Å². The maximum Gasteiger partial charge on any atom is 0.290 e. The molecule has 8 nitrogen and oxygen atoms in total. The van der Waals surface area contributed by atoms with Crippen LogP contribution in [-0.2, 0) is 4.79 Å². The highest BCUT2D eigenvalue weighted by Crippen LogP contribution is 2.42. The summed E-state index contributed by atoms with van der Waals surface area (Å²) in [5.74, 6) is -0.618. The lowest BCUT2D eigenvalue weighted by Crippen LogP contribution is -2.33. The van der Waals surface area contributed by atoms with Crippen molar-refractivity contribution in [2.45, 2.75) is 19.4 Å². The normalized spacial score (nSPS) is 15.9. The summed E-state index contributed by atoms with van der Waals surface area (Å²) in [6.45, 7) is 3.43. The Balaban J connectivity index is 1.78. The molecule has 3 aromatic rings. The predicted octanol–water partition coefficient (Wildman–Crippen LogP) is 5.13. The third-order valence-corrected chi connectivity index (χ3v) is 6.55. The summed E-state index contributed by atoms with van der Waals surface area (Å²) in [5, 5.41) is 11.7. The van der Waals surface area contributed by atoms with E-state index in [0.29, 0.717) is 42.2 Å². The molecule has 0 bridgehead atoms. The number of hydrogen-bond acceptors (Lipinski definition) is 7. The quantitative estimate of drug-likeness (QED) is 0.346.